The fourth-order valence-electron chi connectivity index (χ4n) is 5.07. The van der Waals surface area contributed by atoms with E-state index in [1.165, 1.54) is 4.31 Å². The Morgan fingerprint density at radius 3 is 2.62 bits per heavy atom. The molecule has 5 heterocycles. The number of hydrogen-bond donors (Lipinski definition) is 2. The average Bonchev–Trinajstić information content (AvgIpc) is 3.27. The number of primary sulfonamides is 1. The molecule has 2 aliphatic heterocycles. The van der Waals surface area contributed by atoms with Crippen molar-refractivity contribution in [1.29, 1.82) is 0 Å². The monoisotopic (exact) mass is 507 g/mol. The van der Waals surface area contributed by atoms with Crippen molar-refractivity contribution in [2.45, 2.75) is 12.8 Å². The molecule has 2 fully saturated rings. The summed E-state index contributed by atoms with van der Waals surface area (Å²) in [5.74, 6) is -0.497. The van der Waals surface area contributed by atoms with Crippen molar-refractivity contribution in [3.05, 3.63) is 30.7 Å². The Kier molecular flexibility index (Phi) is 6.23. The number of anilines is 1. The summed E-state index contributed by atoms with van der Waals surface area (Å²) in [6.07, 6.45) is 6.73. The predicted molar refractivity (Wildman–Crippen MR) is 131 cm³/mol. The molecular formula is C21H29N7O4S2. The summed E-state index contributed by atoms with van der Waals surface area (Å²) in [6.45, 7) is 3.24. The Morgan fingerprint density at radius 1 is 1.06 bits per heavy atom. The Labute approximate surface area is 199 Å². The number of nitrogens with one attached hydrogen (secondary N) is 1. The lowest BCUT2D eigenvalue weighted by atomic mass is 10.0. The molecule has 0 amide bonds. The van der Waals surface area contributed by atoms with Gasteiger partial charge in [-0.2, -0.15) is 0 Å². The first kappa shape index (κ1) is 23.4. The number of pyridine rings is 2. The molecule has 3 N–H and O–H groups in total. The van der Waals surface area contributed by atoms with E-state index in [1.54, 1.807) is 12.4 Å². The fraction of sp³-hybridized carbons (Fsp3) is 0.524. The lowest BCUT2D eigenvalue weighted by Gasteiger charge is -2.38. The summed E-state index contributed by atoms with van der Waals surface area (Å²) < 4.78 is 50.5. The molecule has 184 valence electrons. The molecule has 34 heavy (non-hydrogen) atoms. The summed E-state index contributed by atoms with van der Waals surface area (Å²) in [5, 5.41) is 7.24. The third-order valence-electron chi connectivity index (χ3n) is 6.67. The van der Waals surface area contributed by atoms with Crippen LogP contribution in [0.25, 0.3) is 21.9 Å². The molecule has 0 aliphatic carbocycles. The Balaban J connectivity index is 1.26. The van der Waals surface area contributed by atoms with E-state index in [4.69, 9.17) is 5.14 Å². The van der Waals surface area contributed by atoms with E-state index in [9.17, 15) is 16.8 Å². The van der Waals surface area contributed by atoms with Crippen molar-refractivity contribution < 1.29 is 16.8 Å². The number of aromatic amines is 1. The van der Waals surface area contributed by atoms with Crippen molar-refractivity contribution in [1.82, 2.24) is 24.2 Å². The number of hydrogen-bond acceptors (Lipinski definition) is 8. The van der Waals surface area contributed by atoms with Gasteiger partial charge in [0.25, 0.3) is 0 Å². The Bertz CT molecular complexity index is 1400. The molecule has 0 radical (unpaired) electrons. The van der Waals surface area contributed by atoms with E-state index in [2.05, 4.69) is 19.9 Å². The van der Waals surface area contributed by atoms with Crippen LogP contribution in [0.2, 0.25) is 0 Å². The maximum Gasteiger partial charge on any atom is 0.227 e. The van der Waals surface area contributed by atoms with Gasteiger partial charge in [0.2, 0.25) is 20.0 Å². The van der Waals surface area contributed by atoms with Gasteiger partial charge in [-0.3, -0.25) is 9.88 Å². The smallest absolute Gasteiger partial charge is 0.227 e. The molecule has 0 spiro atoms. The van der Waals surface area contributed by atoms with Gasteiger partial charge in [0.05, 0.1) is 17.5 Å². The number of aromatic nitrogens is 3. The summed E-state index contributed by atoms with van der Waals surface area (Å²) in [7, 11) is -7.15. The zero-order chi connectivity index (χ0) is 23.9. The third-order valence-corrected chi connectivity index (χ3v) is 9.42. The van der Waals surface area contributed by atoms with Gasteiger partial charge in [-0.05, 0) is 30.9 Å². The molecule has 1 atom stereocenters. The number of nitrogens with zero attached hydrogens (tertiary/aromatic N) is 5. The number of sulfonamides is 2. The summed E-state index contributed by atoms with van der Waals surface area (Å²) in [5.41, 5.74) is 2.71. The Hall–Kier alpha value is -2.32. The van der Waals surface area contributed by atoms with Crippen LogP contribution < -0.4 is 10.0 Å². The Morgan fingerprint density at radius 2 is 1.85 bits per heavy atom. The first-order chi connectivity index (χ1) is 16.2. The number of fused-ring (bicyclic) bond motifs is 3. The van der Waals surface area contributed by atoms with Crippen LogP contribution in [0.15, 0.2) is 30.7 Å². The maximum absolute atomic E-state index is 13.1. The van der Waals surface area contributed by atoms with Gasteiger partial charge in [-0.1, -0.05) is 0 Å². The second-order valence-corrected chi connectivity index (χ2v) is 12.7. The van der Waals surface area contributed by atoms with Crippen molar-refractivity contribution in [3.63, 3.8) is 0 Å². The van der Waals surface area contributed by atoms with Crippen LogP contribution in [0.4, 0.5) is 5.69 Å². The summed E-state index contributed by atoms with van der Waals surface area (Å²) in [4.78, 5) is 16.2. The molecule has 2 saturated heterocycles. The normalized spacial score (nSPS) is 21.4. The van der Waals surface area contributed by atoms with E-state index in [-0.39, 0.29) is 24.1 Å². The molecule has 13 heteroatoms. The molecule has 0 bridgehead atoms. The quantitative estimate of drug-likeness (QED) is 0.491. The van der Waals surface area contributed by atoms with E-state index in [1.807, 2.05) is 23.2 Å². The van der Waals surface area contributed by atoms with Gasteiger partial charge < -0.3 is 9.88 Å². The fourth-order valence-corrected chi connectivity index (χ4v) is 7.73. The van der Waals surface area contributed by atoms with Crippen LogP contribution in [0, 0.1) is 5.92 Å². The van der Waals surface area contributed by atoms with Crippen LogP contribution in [0.3, 0.4) is 0 Å². The van der Waals surface area contributed by atoms with Gasteiger partial charge in [0.15, 0.2) is 0 Å². The first-order valence-corrected chi connectivity index (χ1v) is 14.7. The average molecular weight is 508 g/mol. The highest BCUT2D eigenvalue weighted by atomic mass is 32.2. The highest BCUT2D eigenvalue weighted by Gasteiger charge is 2.32. The van der Waals surface area contributed by atoms with Gasteiger partial charge in [-0.25, -0.2) is 31.3 Å². The van der Waals surface area contributed by atoms with Gasteiger partial charge in [0.1, 0.15) is 11.5 Å². The lowest BCUT2D eigenvalue weighted by molar-refractivity contribution is 0.258. The van der Waals surface area contributed by atoms with Crippen LogP contribution in [-0.2, 0) is 20.0 Å². The summed E-state index contributed by atoms with van der Waals surface area (Å²) >= 11 is 0. The number of piperazine rings is 1. The van der Waals surface area contributed by atoms with Gasteiger partial charge in [0, 0.05) is 68.1 Å². The van der Waals surface area contributed by atoms with Crippen molar-refractivity contribution in [2.75, 3.05) is 55.8 Å². The van der Waals surface area contributed by atoms with E-state index in [0.717, 1.165) is 27.6 Å². The molecule has 2 aliphatic rings. The molecule has 3 aromatic heterocycles. The van der Waals surface area contributed by atoms with Crippen molar-refractivity contribution in [3.8, 4) is 0 Å². The molecule has 0 saturated carbocycles. The first-order valence-electron chi connectivity index (χ1n) is 11.4. The highest BCUT2D eigenvalue weighted by Crippen LogP contribution is 2.31. The van der Waals surface area contributed by atoms with Gasteiger partial charge in [-0.15, -0.1) is 0 Å². The zero-order valence-electron chi connectivity index (χ0n) is 18.8. The minimum atomic E-state index is -3.63. The van der Waals surface area contributed by atoms with Crippen LogP contribution in [0.1, 0.15) is 12.8 Å². The van der Waals surface area contributed by atoms with E-state index < -0.39 is 20.0 Å². The minimum absolute atomic E-state index is 0.0635. The highest BCUT2D eigenvalue weighted by molar-refractivity contribution is 7.89. The van der Waals surface area contributed by atoms with Crippen molar-refractivity contribution in [2.24, 2.45) is 11.1 Å². The topological polar surface area (TPSA) is 146 Å². The number of H-pyrrole nitrogens is 1. The second-order valence-electron chi connectivity index (χ2n) is 9.13. The molecule has 3 aromatic rings. The lowest BCUT2D eigenvalue weighted by Crippen LogP contribution is -2.51. The molecule has 0 aromatic carbocycles. The van der Waals surface area contributed by atoms with E-state index >= 15 is 0 Å². The third kappa shape index (κ3) is 4.89. The van der Waals surface area contributed by atoms with Crippen LogP contribution in [0.5, 0.6) is 0 Å². The number of piperidine rings is 1. The molecule has 5 rings (SSSR count). The number of rotatable bonds is 6. The van der Waals surface area contributed by atoms with Gasteiger partial charge >= 0.3 is 0 Å². The molecular weight excluding hydrogens is 478 g/mol. The second kappa shape index (κ2) is 9.04. The predicted octanol–water partition coefficient (Wildman–Crippen LogP) is 0.521. The summed E-state index contributed by atoms with van der Waals surface area (Å²) in [6, 6.07) is 4.00. The van der Waals surface area contributed by atoms with Crippen LogP contribution in [-0.4, -0.2) is 91.9 Å². The number of nitrogens with two attached hydrogens (primary N) is 1. The van der Waals surface area contributed by atoms with Crippen molar-refractivity contribution >= 4 is 47.7 Å². The molecule has 1 unspecified atom stereocenters. The van der Waals surface area contributed by atoms with E-state index in [0.29, 0.717) is 45.6 Å². The molecule has 11 nitrogen and oxygen atoms in total. The maximum atomic E-state index is 13.1. The zero-order valence-corrected chi connectivity index (χ0v) is 20.4. The minimum Gasteiger partial charge on any atom is -0.368 e. The van der Waals surface area contributed by atoms with Crippen LogP contribution >= 0.6 is 0 Å². The standard InChI is InChI=1S/C21H29N7O4S2/c22-33(29,30)14-16-2-1-7-28(13-16)34(31,32)15-26-8-10-27(11-9-26)19-4-6-23-18-12-25-21-17(20(18)19)3-5-24-21/h3-6,12,16H,1-2,7-11,13-15H2,(H,24,25)(H2,22,29,30). The largest absolute Gasteiger partial charge is 0.368 e. The SMILES string of the molecule is NS(=O)(=O)CC1CCCN(S(=O)(=O)CN2CCN(c3ccnc4cnc5[nH]ccc5c34)CC2)C1.